The molecule has 0 radical (unpaired) electrons. The summed E-state index contributed by atoms with van der Waals surface area (Å²) in [6.45, 7) is 0. The number of hydrogen-bond donors (Lipinski definition) is 0. The molecule has 0 bridgehead atoms. The standard InChI is InChI=1S/C20H28ClF3Si/c21-25-13-11-16(12-14-25)2-1-15-3-5-17(6-4-15)18-7-9-19(10-8-18)20(22,23)24/h7-10,15-17,25H,1-6,11-14H2/t15-,16?,17-,25?. The van der Waals surface area contributed by atoms with Crippen molar-refractivity contribution in [3.8, 4) is 0 Å². The Morgan fingerprint density at radius 3 is 1.88 bits per heavy atom. The highest BCUT2D eigenvalue weighted by Gasteiger charge is 2.31. The quantitative estimate of drug-likeness (QED) is 0.380. The van der Waals surface area contributed by atoms with Crippen molar-refractivity contribution < 1.29 is 13.2 Å². The minimum absolute atomic E-state index is 0.441. The average Bonchev–Trinajstić information content (AvgIpc) is 2.61. The Labute approximate surface area is 155 Å². The number of alkyl halides is 3. The van der Waals surface area contributed by atoms with Crippen LogP contribution in [0.1, 0.15) is 68.4 Å². The third-order valence-corrected chi connectivity index (χ3v) is 9.54. The zero-order chi connectivity index (χ0) is 17.9. The van der Waals surface area contributed by atoms with Gasteiger partial charge in [-0.15, -0.1) is 0 Å². The second-order valence-corrected chi connectivity index (χ2v) is 12.2. The van der Waals surface area contributed by atoms with E-state index in [4.69, 9.17) is 11.1 Å². The lowest BCUT2D eigenvalue weighted by atomic mass is 9.76. The van der Waals surface area contributed by atoms with Crippen molar-refractivity contribution in [2.24, 2.45) is 11.8 Å². The van der Waals surface area contributed by atoms with Crippen molar-refractivity contribution in [2.45, 2.75) is 75.5 Å². The van der Waals surface area contributed by atoms with Gasteiger partial charge in [0.2, 0.25) is 0 Å². The normalized spacial score (nSPS) is 31.0. The van der Waals surface area contributed by atoms with E-state index in [1.165, 1.54) is 62.7 Å². The van der Waals surface area contributed by atoms with Gasteiger partial charge >= 0.3 is 6.18 Å². The molecular weight excluding hydrogens is 361 g/mol. The number of hydrogen-bond acceptors (Lipinski definition) is 0. The van der Waals surface area contributed by atoms with Gasteiger partial charge in [-0.2, -0.15) is 24.3 Å². The van der Waals surface area contributed by atoms with Crippen molar-refractivity contribution >= 4 is 19.2 Å². The fourth-order valence-electron chi connectivity index (χ4n) is 4.61. The highest BCUT2D eigenvalue weighted by atomic mass is 35.6. The molecule has 140 valence electrons. The molecular formula is C20H28ClF3Si. The Morgan fingerprint density at radius 2 is 1.36 bits per heavy atom. The van der Waals surface area contributed by atoms with E-state index in [0.717, 1.165) is 30.2 Å². The monoisotopic (exact) mass is 388 g/mol. The molecule has 0 spiro atoms. The van der Waals surface area contributed by atoms with E-state index in [9.17, 15) is 13.2 Å². The van der Waals surface area contributed by atoms with Crippen LogP contribution in [0.2, 0.25) is 12.1 Å². The highest BCUT2D eigenvalue weighted by Crippen LogP contribution is 2.40. The van der Waals surface area contributed by atoms with Crippen molar-refractivity contribution in [2.75, 3.05) is 0 Å². The Hall–Kier alpha value is -0.483. The number of halogens is 4. The Bertz CT molecular complexity index is 527. The topological polar surface area (TPSA) is 0 Å². The molecule has 1 aliphatic heterocycles. The lowest BCUT2D eigenvalue weighted by molar-refractivity contribution is -0.137. The van der Waals surface area contributed by atoms with Crippen LogP contribution in [0, 0.1) is 11.8 Å². The Kier molecular flexibility index (Phi) is 6.53. The summed E-state index contributed by atoms with van der Waals surface area (Å²) in [7, 11) is -0.848. The third-order valence-electron chi connectivity index (χ3n) is 6.32. The molecule has 0 amide bonds. The summed E-state index contributed by atoms with van der Waals surface area (Å²) in [6.07, 6.45) is 5.85. The van der Waals surface area contributed by atoms with Gasteiger partial charge in [0, 0.05) is 0 Å². The minimum Gasteiger partial charge on any atom is -0.172 e. The summed E-state index contributed by atoms with van der Waals surface area (Å²) in [6, 6.07) is 8.46. The third kappa shape index (κ3) is 5.49. The smallest absolute Gasteiger partial charge is 0.172 e. The van der Waals surface area contributed by atoms with Crippen LogP contribution >= 0.6 is 11.1 Å². The Morgan fingerprint density at radius 1 is 0.840 bits per heavy atom. The van der Waals surface area contributed by atoms with Crippen LogP contribution in [0.25, 0.3) is 0 Å². The first-order chi connectivity index (χ1) is 11.9. The first kappa shape index (κ1) is 19.3. The Balaban J connectivity index is 1.42. The molecule has 0 N–H and O–H groups in total. The molecule has 0 atom stereocenters. The maximum absolute atomic E-state index is 12.7. The lowest BCUT2D eigenvalue weighted by Gasteiger charge is -2.31. The van der Waals surface area contributed by atoms with Crippen LogP contribution < -0.4 is 0 Å². The van der Waals surface area contributed by atoms with Gasteiger partial charge in [0.15, 0.2) is 0 Å². The summed E-state index contributed by atoms with van der Waals surface area (Å²) >= 11 is 6.32. The van der Waals surface area contributed by atoms with Gasteiger partial charge in [0.05, 0.1) is 5.56 Å². The second-order valence-electron chi connectivity index (χ2n) is 8.03. The van der Waals surface area contributed by atoms with E-state index in [0.29, 0.717) is 5.92 Å². The van der Waals surface area contributed by atoms with Crippen molar-refractivity contribution in [3.05, 3.63) is 35.4 Å². The van der Waals surface area contributed by atoms with E-state index < -0.39 is 19.8 Å². The van der Waals surface area contributed by atoms with E-state index in [-0.39, 0.29) is 0 Å². The van der Waals surface area contributed by atoms with Crippen molar-refractivity contribution in [3.63, 3.8) is 0 Å². The highest BCUT2D eigenvalue weighted by molar-refractivity contribution is 7.07. The maximum atomic E-state index is 12.7. The van der Waals surface area contributed by atoms with Gasteiger partial charge in [-0.1, -0.05) is 37.8 Å². The van der Waals surface area contributed by atoms with E-state index in [1.54, 1.807) is 12.1 Å². The zero-order valence-corrected chi connectivity index (χ0v) is 16.6. The molecule has 3 rings (SSSR count). The van der Waals surface area contributed by atoms with Gasteiger partial charge in [-0.3, -0.25) is 0 Å². The summed E-state index contributed by atoms with van der Waals surface area (Å²) in [5.74, 6) is 2.16. The van der Waals surface area contributed by atoms with Gasteiger partial charge in [-0.25, -0.2) is 0 Å². The maximum Gasteiger partial charge on any atom is 0.416 e. The summed E-state index contributed by atoms with van der Waals surface area (Å²) in [4.78, 5) is 0. The van der Waals surface area contributed by atoms with Crippen molar-refractivity contribution in [1.29, 1.82) is 0 Å². The average molecular weight is 389 g/mol. The van der Waals surface area contributed by atoms with Crippen LogP contribution in [0.4, 0.5) is 13.2 Å². The fourth-order valence-corrected chi connectivity index (χ4v) is 7.32. The molecule has 5 heteroatoms. The van der Waals surface area contributed by atoms with Crippen LogP contribution in [-0.2, 0) is 6.18 Å². The number of rotatable bonds is 4. The van der Waals surface area contributed by atoms with Crippen LogP contribution in [0.3, 0.4) is 0 Å². The summed E-state index contributed by atoms with van der Waals surface area (Å²) in [5.41, 5.74) is 0.538. The fraction of sp³-hybridized carbons (Fsp3) is 0.700. The largest absolute Gasteiger partial charge is 0.416 e. The predicted molar refractivity (Wildman–Crippen MR) is 101 cm³/mol. The molecule has 1 saturated carbocycles. The summed E-state index contributed by atoms with van der Waals surface area (Å²) in [5, 5.41) is 0. The molecule has 1 aliphatic carbocycles. The summed E-state index contributed by atoms with van der Waals surface area (Å²) < 4.78 is 38.0. The predicted octanol–water partition coefficient (Wildman–Crippen LogP) is 7.13. The van der Waals surface area contributed by atoms with Gasteiger partial charge < -0.3 is 0 Å². The molecule has 0 unspecified atom stereocenters. The molecule has 1 saturated heterocycles. The van der Waals surface area contributed by atoms with Gasteiger partial charge in [-0.05, 0) is 73.2 Å². The van der Waals surface area contributed by atoms with Crippen molar-refractivity contribution in [1.82, 2.24) is 0 Å². The van der Waals surface area contributed by atoms with Crippen LogP contribution in [0.5, 0.6) is 0 Å². The first-order valence-electron chi connectivity index (χ1n) is 9.73. The molecule has 1 aromatic carbocycles. The second kappa shape index (κ2) is 8.47. The molecule has 2 aliphatic rings. The van der Waals surface area contributed by atoms with E-state index >= 15 is 0 Å². The van der Waals surface area contributed by atoms with E-state index in [2.05, 4.69) is 0 Å². The van der Waals surface area contributed by atoms with E-state index in [1.807, 2.05) is 0 Å². The molecule has 1 heterocycles. The molecule has 2 fully saturated rings. The SMILES string of the molecule is FC(F)(F)c1ccc([C@H]2CC[C@H](CCC3CC[SiH](Cl)CC3)CC2)cc1. The number of benzene rings is 1. The molecule has 25 heavy (non-hydrogen) atoms. The molecule has 0 aromatic heterocycles. The van der Waals surface area contributed by atoms with Crippen LogP contribution in [0.15, 0.2) is 24.3 Å². The minimum atomic E-state index is -4.23. The van der Waals surface area contributed by atoms with Gasteiger partial charge in [0.25, 0.3) is 0 Å². The first-order valence-corrected chi connectivity index (χ1v) is 13.1. The molecule has 1 aromatic rings. The lowest BCUT2D eigenvalue weighted by Crippen LogP contribution is -2.18. The zero-order valence-electron chi connectivity index (χ0n) is 14.7. The van der Waals surface area contributed by atoms with Gasteiger partial charge in [0.1, 0.15) is 8.11 Å². The van der Waals surface area contributed by atoms with Crippen LogP contribution in [-0.4, -0.2) is 8.11 Å². The molecule has 0 nitrogen and oxygen atoms in total.